The molecule has 0 aromatic heterocycles. The Balaban J connectivity index is 1.27. The molecule has 6 aromatic rings. The second kappa shape index (κ2) is 10.7. The normalized spacial score (nSPS) is 19.0. The lowest BCUT2D eigenvalue weighted by Gasteiger charge is -2.32. The molecule has 0 bridgehead atoms. The summed E-state index contributed by atoms with van der Waals surface area (Å²) in [4.78, 5) is 2.60. The van der Waals surface area contributed by atoms with E-state index in [9.17, 15) is 0 Å². The lowest BCUT2D eigenvalue weighted by molar-refractivity contribution is 0.550. The van der Waals surface area contributed by atoms with E-state index < -0.39 is 0 Å². The number of fused-ring (bicyclic) bond motifs is 9. The van der Waals surface area contributed by atoms with Crippen LogP contribution in [0.1, 0.15) is 74.1 Å². The zero-order chi connectivity index (χ0) is 32.7. The first-order valence-corrected chi connectivity index (χ1v) is 18.2. The second-order valence-corrected chi connectivity index (χ2v) is 15.2. The monoisotopic (exact) mass is 631 g/mol. The minimum absolute atomic E-state index is 0.0230. The molecule has 1 spiro atoms. The van der Waals surface area contributed by atoms with Gasteiger partial charge in [0.05, 0.1) is 5.69 Å². The minimum atomic E-state index is -0.0230. The van der Waals surface area contributed by atoms with Crippen LogP contribution in [0.15, 0.2) is 151 Å². The third-order valence-electron chi connectivity index (χ3n) is 12.4. The third kappa shape index (κ3) is 4.12. The molecule has 1 atom stereocenters. The molecule has 49 heavy (non-hydrogen) atoms. The largest absolute Gasteiger partial charge is 0.309 e. The van der Waals surface area contributed by atoms with Gasteiger partial charge in [-0.05, 0) is 93.9 Å². The summed E-state index contributed by atoms with van der Waals surface area (Å²) in [6.07, 6.45) is 13.1. The molecular weight excluding hydrogens is 591 g/mol. The van der Waals surface area contributed by atoms with E-state index in [2.05, 4.69) is 164 Å². The van der Waals surface area contributed by atoms with Crippen molar-refractivity contribution in [3.63, 3.8) is 0 Å². The Morgan fingerprint density at radius 1 is 0.633 bits per heavy atom. The molecule has 1 nitrogen and oxygen atoms in total. The van der Waals surface area contributed by atoms with Gasteiger partial charge < -0.3 is 4.90 Å². The molecule has 6 aromatic carbocycles. The van der Waals surface area contributed by atoms with Gasteiger partial charge in [-0.1, -0.05) is 148 Å². The van der Waals surface area contributed by atoms with Crippen molar-refractivity contribution < 1.29 is 0 Å². The Morgan fingerprint density at radius 2 is 1.35 bits per heavy atom. The van der Waals surface area contributed by atoms with Gasteiger partial charge in [-0.15, -0.1) is 0 Å². The fourth-order valence-corrected chi connectivity index (χ4v) is 10.1. The Morgan fingerprint density at radius 3 is 2.18 bits per heavy atom. The van der Waals surface area contributed by atoms with E-state index >= 15 is 0 Å². The first-order valence-electron chi connectivity index (χ1n) is 18.2. The molecule has 0 saturated heterocycles. The number of nitrogens with zero attached hydrogens (tertiary/aromatic N) is 1. The molecule has 4 aliphatic rings. The SMILES string of the molecule is CC1(C)C2=CC=CCC2c2ccc(N(c3ccc(-c4ccccc4)cc3)c3c4c(cc5ccccc35)C3(CCCC3)c3ccccc3-4)cc21. The topological polar surface area (TPSA) is 3.24 Å². The standard InChI is InChI=1S/C48H41N/c1-47(2)41-20-10-8-18-38(41)39-27-26-36(31-43(39)47)49(35-24-22-33(23-25-35)32-14-4-3-5-15-32)46-37-17-7-6-16-34(37)30-44-45(46)40-19-9-11-21-42(40)48(44)28-12-13-29-48/h3-11,14-17,19-27,30-31,38H,12-13,18,28-29H2,1-2H3. The third-order valence-corrected chi connectivity index (χ3v) is 12.4. The van der Waals surface area contributed by atoms with Crippen LogP contribution in [0.2, 0.25) is 0 Å². The highest BCUT2D eigenvalue weighted by molar-refractivity contribution is 6.10. The van der Waals surface area contributed by atoms with Crippen LogP contribution in [0.5, 0.6) is 0 Å². The van der Waals surface area contributed by atoms with E-state index in [-0.39, 0.29) is 10.8 Å². The predicted octanol–water partition coefficient (Wildman–Crippen LogP) is 13.1. The zero-order valence-electron chi connectivity index (χ0n) is 28.4. The number of allylic oxidation sites excluding steroid dienone is 4. The van der Waals surface area contributed by atoms with Gasteiger partial charge in [-0.2, -0.15) is 0 Å². The van der Waals surface area contributed by atoms with Crippen LogP contribution >= 0.6 is 0 Å². The van der Waals surface area contributed by atoms with Gasteiger partial charge in [0.15, 0.2) is 0 Å². The Hall–Kier alpha value is -5.14. The molecule has 0 amide bonds. The van der Waals surface area contributed by atoms with Gasteiger partial charge in [-0.25, -0.2) is 0 Å². The summed E-state index contributed by atoms with van der Waals surface area (Å²) in [6, 6.07) is 48.4. The van der Waals surface area contributed by atoms with E-state index in [1.54, 1.807) is 5.57 Å². The van der Waals surface area contributed by atoms with Gasteiger partial charge in [0.1, 0.15) is 0 Å². The number of anilines is 3. The van der Waals surface area contributed by atoms with Gasteiger partial charge in [-0.3, -0.25) is 0 Å². The highest BCUT2D eigenvalue weighted by atomic mass is 15.1. The maximum absolute atomic E-state index is 2.60. The summed E-state index contributed by atoms with van der Waals surface area (Å²) in [5.41, 5.74) is 16.6. The minimum Gasteiger partial charge on any atom is -0.309 e. The molecule has 1 unspecified atom stereocenters. The average Bonchev–Trinajstić information content (AvgIpc) is 3.82. The van der Waals surface area contributed by atoms with E-state index in [4.69, 9.17) is 0 Å². The van der Waals surface area contributed by atoms with Crippen LogP contribution in [-0.2, 0) is 10.8 Å². The number of benzene rings is 6. The first-order chi connectivity index (χ1) is 24.0. The van der Waals surface area contributed by atoms with Crippen molar-refractivity contribution >= 4 is 27.8 Å². The van der Waals surface area contributed by atoms with Crippen molar-refractivity contribution in [3.05, 3.63) is 173 Å². The second-order valence-electron chi connectivity index (χ2n) is 15.2. The molecule has 0 aliphatic heterocycles. The van der Waals surface area contributed by atoms with Crippen molar-refractivity contribution in [1.82, 2.24) is 0 Å². The summed E-state index contributed by atoms with van der Waals surface area (Å²) < 4.78 is 0. The number of rotatable bonds is 4. The van der Waals surface area contributed by atoms with Crippen LogP contribution in [0.4, 0.5) is 17.1 Å². The maximum Gasteiger partial charge on any atom is 0.0621 e. The van der Waals surface area contributed by atoms with Gasteiger partial charge in [0, 0.05) is 39.1 Å². The zero-order valence-corrected chi connectivity index (χ0v) is 28.4. The summed E-state index contributed by atoms with van der Waals surface area (Å²) in [5, 5.41) is 2.63. The van der Waals surface area contributed by atoms with Crippen molar-refractivity contribution in [2.75, 3.05) is 4.90 Å². The molecule has 238 valence electrons. The van der Waals surface area contributed by atoms with Crippen LogP contribution in [-0.4, -0.2) is 0 Å². The summed E-state index contributed by atoms with van der Waals surface area (Å²) in [5.74, 6) is 0.471. The van der Waals surface area contributed by atoms with Gasteiger partial charge in [0.25, 0.3) is 0 Å². The molecule has 0 N–H and O–H groups in total. The Bertz CT molecular complexity index is 2330. The quantitative estimate of drug-likeness (QED) is 0.187. The van der Waals surface area contributed by atoms with Crippen LogP contribution in [0.25, 0.3) is 33.0 Å². The van der Waals surface area contributed by atoms with E-state index in [0.29, 0.717) is 5.92 Å². The predicted molar refractivity (Wildman–Crippen MR) is 206 cm³/mol. The summed E-state index contributed by atoms with van der Waals surface area (Å²) in [7, 11) is 0. The Kier molecular flexibility index (Phi) is 6.28. The number of hydrogen-bond donors (Lipinski definition) is 0. The summed E-state index contributed by atoms with van der Waals surface area (Å²) >= 11 is 0. The maximum atomic E-state index is 2.60. The molecule has 10 rings (SSSR count). The highest BCUT2D eigenvalue weighted by Crippen LogP contribution is 2.62. The lowest BCUT2D eigenvalue weighted by atomic mass is 9.76. The Labute approximate surface area is 290 Å². The molecule has 4 aliphatic carbocycles. The fraction of sp³-hybridized carbons (Fsp3) is 0.208. The molecule has 1 fully saturated rings. The van der Waals surface area contributed by atoms with Crippen LogP contribution < -0.4 is 4.90 Å². The molecular formula is C48H41N. The highest BCUT2D eigenvalue weighted by Gasteiger charge is 2.47. The molecule has 0 heterocycles. The fourth-order valence-electron chi connectivity index (χ4n) is 10.1. The average molecular weight is 632 g/mol. The summed E-state index contributed by atoms with van der Waals surface area (Å²) in [6.45, 7) is 4.85. The van der Waals surface area contributed by atoms with Crippen molar-refractivity contribution in [1.29, 1.82) is 0 Å². The van der Waals surface area contributed by atoms with Crippen molar-refractivity contribution in [3.8, 4) is 22.3 Å². The number of hydrogen-bond acceptors (Lipinski definition) is 1. The van der Waals surface area contributed by atoms with Crippen molar-refractivity contribution in [2.45, 2.75) is 62.7 Å². The van der Waals surface area contributed by atoms with Crippen molar-refractivity contribution in [2.24, 2.45) is 0 Å². The van der Waals surface area contributed by atoms with Crippen LogP contribution in [0, 0.1) is 0 Å². The van der Waals surface area contributed by atoms with Crippen LogP contribution in [0.3, 0.4) is 0 Å². The van der Waals surface area contributed by atoms with Gasteiger partial charge >= 0.3 is 0 Å². The molecule has 1 heteroatoms. The molecule has 1 saturated carbocycles. The molecule has 0 radical (unpaired) electrons. The van der Waals surface area contributed by atoms with Gasteiger partial charge in [0.2, 0.25) is 0 Å². The lowest BCUT2D eigenvalue weighted by Crippen LogP contribution is -2.21. The first kappa shape index (κ1) is 28.8. The van der Waals surface area contributed by atoms with E-state index in [1.807, 2.05) is 0 Å². The van der Waals surface area contributed by atoms with E-state index in [0.717, 1.165) is 6.42 Å². The smallest absolute Gasteiger partial charge is 0.0621 e. The van der Waals surface area contributed by atoms with E-state index in [1.165, 1.54) is 98.0 Å².